The van der Waals surface area contributed by atoms with E-state index in [0.717, 1.165) is 34.0 Å². The number of benzene rings is 2. The molecular weight excluding hydrogens is 348 g/mol. The Labute approximate surface area is 157 Å². The molecule has 0 aliphatic carbocycles. The van der Waals surface area contributed by atoms with Crippen molar-refractivity contribution in [3.05, 3.63) is 70.0 Å². The molecule has 1 aliphatic heterocycles. The molecule has 0 bridgehead atoms. The van der Waals surface area contributed by atoms with Gasteiger partial charge in [0.2, 0.25) is 0 Å². The molecule has 0 spiro atoms. The molecule has 3 aromatic rings. The Kier molecular flexibility index (Phi) is 4.24. The zero-order valence-electron chi connectivity index (χ0n) is 14.7. The summed E-state index contributed by atoms with van der Waals surface area (Å²) in [4.78, 5) is 19.3. The van der Waals surface area contributed by atoms with Gasteiger partial charge in [-0.3, -0.25) is 4.79 Å². The first-order chi connectivity index (χ1) is 12.5. The van der Waals surface area contributed by atoms with E-state index < -0.39 is 0 Å². The normalized spacial score (nSPS) is 13.6. The summed E-state index contributed by atoms with van der Waals surface area (Å²) in [7, 11) is 1.86. The highest BCUT2D eigenvalue weighted by molar-refractivity contribution is 6.31. The molecule has 0 saturated carbocycles. The summed E-state index contributed by atoms with van der Waals surface area (Å²) in [6.07, 6.45) is 0.781. The highest BCUT2D eigenvalue weighted by atomic mass is 35.5. The maximum absolute atomic E-state index is 13.0. The van der Waals surface area contributed by atoms with Gasteiger partial charge in [0.25, 0.3) is 5.91 Å². The highest BCUT2D eigenvalue weighted by Crippen LogP contribution is 2.27. The Balaban J connectivity index is 1.61. The van der Waals surface area contributed by atoms with Gasteiger partial charge in [-0.05, 0) is 42.7 Å². The fraction of sp³-hybridized carbons (Fsp3) is 0.250. The molecule has 5 nitrogen and oxygen atoms in total. The Morgan fingerprint density at radius 2 is 2.00 bits per heavy atom. The van der Waals surface area contributed by atoms with Gasteiger partial charge in [0.05, 0.1) is 0 Å². The van der Waals surface area contributed by atoms with E-state index in [0.29, 0.717) is 24.5 Å². The third-order valence-corrected chi connectivity index (χ3v) is 5.09. The molecule has 2 aromatic carbocycles. The molecule has 26 heavy (non-hydrogen) atoms. The third kappa shape index (κ3) is 2.99. The van der Waals surface area contributed by atoms with Gasteiger partial charge in [-0.25, -0.2) is 9.67 Å². The first-order valence-corrected chi connectivity index (χ1v) is 8.94. The van der Waals surface area contributed by atoms with Crippen LogP contribution in [0.3, 0.4) is 0 Å². The van der Waals surface area contributed by atoms with Crippen LogP contribution in [0.15, 0.2) is 42.5 Å². The molecule has 1 aromatic heterocycles. The topological polar surface area (TPSA) is 51.0 Å². The van der Waals surface area contributed by atoms with Gasteiger partial charge in [0.15, 0.2) is 5.82 Å². The molecule has 0 fully saturated rings. The van der Waals surface area contributed by atoms with E-state index in [1.165, 1.54) is 0 Å². The number of amides is 1. The Bertz CT molecular complexity index is 995. The summed E-state index contributed by atoms with van der Waals surface area (Å²) in [5.41, 5.74) is 3.83. The third-order valence-electron chi connectivity index (χ3n) is 4.73. The lowest BCUT2D eigenvalue weighted by Gasteiger charge is -2.29. The van der Waals surface area contributed by atoms with Crippen LogP contribution in [0.5, 0.6) is 0 Å². The zero-order chi connectivity index (χ0) is 18.3. The minimum atomic E-state index is 0.0244. The first kappa shape index (κ1) is 16.8. The van der Waals surface area contributed by atoms with Crippen molar-refractivity contribution < 1.29 is 4.79 Å². The zero-order valence-corrected chi connectivity index (χ0v) is 15.5. The van der Waals surface area contributed by atoms with E-state index in [1.54, 1.807) is 4.68 Å². The van der Waals surface area contributed by atoms with Crippen molar-refractivity contribution in [2.75, 3.05) is 6.54 Å². The van der Waals surface area contributed by atoms with Crippen LogP contribution < -0.4 is 0 Å². The highest BCUT2D eigenvalue weighted by Gasteiger charge is 2.23. The molecule has 0 atom stereocenters. The first-order valence-electron chi connectivity index (χ1n) is 8.56. The van der Waals surface area contributed by atoms with Crippen molar-refractivity contribution in [3.8, 4) is 11.4 Å². The van der Waals surface area contributed by atoms with Crippen molar-refractivity contribution in [1.82, 2.24) is 19.7 Å². The van der Waals surface area contributed by atoms with E-state index in [-0.39, 0.29) is 5.91 Å². The molecule has 0 saturated heterocycles. The minimum absolute atomic E-state index is 0.0244. The molecule has 6 heteroatoms. The van der Waals surface area contributed by atoms with Crippen LogP contribution in [-0.4, -0.2) is 32.1 Å². The number of carbonyl (C=O) groups is 1. The Morgan fingerprint density at radius 3 is 2.77 bits per heavy atom. The van der Waals surface area contributed by atoms with E-state index in [1.807, 2.05) is 61.3 Å². The molecule has 4 rings (SSSR count). The lowest BCUT2D eigenvalue weighted by Crippen LogP contribution is -2.36. The smallest absolute Gasteiger partial charge is 0.254 e. The molecule has 0 N–H and O–H groups in total. The fourth-order valence-electron chi connectivity index (χ4n) is 3.47. The van der Waals surface area contributed by atoms with Crippen LogP contribution in [0.4, 0.5) is 0 Å². The van der Waals surface area contributed by atoms with Gasteiger partial charge in [0.1, 0.15) is 5.82 Å². The quantitative estimate of drug-likeness (QED) is 0.695. The molecule has 1 amide bonds. The van der Waals surface area contributed by atoms with Crippen molar-refractivity contribution in [1.29, 1.82) is 0 Å². The predicted octanol–water partition coefficient (Wildman–Crippen LogP) is 3.64. The van der Waals surface area contributed by atoms with Crippen LogP contribution in [0, 0.1) is 6.92 Å². The monoisotopic (exact) mass is 366 g/mol. The van der Waals surface area contributed by atoms with E-state index in [9.17, 15) is 4.79 Å². The van der Waals surface area contributed by atoms with Crippen molar-refractivity contribution in [3.63, 3.8) is 0 Å². The van der Waals surface area contributed by atoms with Crippen LogP contribution in [0.25, 0.3) is 11.4 Å². The number of carbonyl (C=O) groups excluding carboxylic acids is 1. The average Bonchev–Trinajstić information content (AvgIpc) is 2.99. The second-order valence-corrected chi connectivity index (χ2v) is 6.95. The van der Waals surface area contributed by atoms with Gasteiger partial charge >= 0.3 is 0 Å². The van der Waals surface area contributed by atoms with Crippen molar-refractivity contribution in [2.24, 2.45) is 7.05 Å². The standard InChI is InChI=1S/C20H19ClN4O/c1-13-22-19(24(2)23-13)14-5-3-6-15(11-14)20(26)25-10-9-17-16(12-25)7-4-8-18(17)21/h3-8,11H,9-10,12H2,1-2H3. The van der Waals surface area contributed by atoms with Gasteiger partial charge < -0.3 is 4.90 Å². The van der Waals surface area contributed by atoms with E-state index in [4.69, 9.17) is 11.6 Å². The number of aryl methyl sites for hydroxylation is 2. The largest absolute Gasteiger partial charge is 0.334 e. The number of halogens is 1. The minimum Gasteiger partial charge on any atom is -0.334 e. The summed E-state index contributed by atoms with van der Waals surface area (Å²) in [5, 5.41) is 5.07. The number of hydrogen-bond acceptors (Lipinski definition) is 3. The van der Waals surface area contributed by atoms with E-state index in [2.05, 4.69) is 10.1 Å². The van der Waals surface area contributed by atoms with Gasteiger partial charge in [0, 0.05) is 36.3 Å². The molecule has 2 heterocycles. The lowest BCUT2D eigenvalue weighted by molar-refractivity contribution is 0.0735. The number of nitrogens with zero attached hydrogens (tertiary/aromatic N) is 4. The molecular formula is C20H19ClN4O. The molecule has 0 unspecified atom stereocenters. The summed E-state index contributed by atoms with van der Waals surface area (Å²) in [6.45, 7) is 3.11. The number of fused-ring (bicyclic) bond motifs is 1. The van der Waals surface area contributed by atoms with Gasteiger partial charge in [-0.15, -0.1) is 0 Å². The Morgan fingerprint density at radius 1 is 1.19 bits per heavy atom. The molecule has 132 valence electrons. The van der Waals surface area contributed by atoms with Crippen LogP contribution in [-0.2, 0) is 20.0 Å². The molecule has 0 radical (unpaired) electrons. The summed E-state index contributed by atoms with van der Waals surface area (Å²) >= 11 is 6.27. The average molecular weight is 367 g/mol. The van der Waals surface area contributed by atoms with Crippen LogP contribution in [0.1, 0.15) is 27.3 Å². The van der Waals surface area contributed by atoms with E-state index >= 15 is 0 Å². The van der Waals surface area contributed by atoms with Crippen LogP contribution >= 0.6 is 11.6 Å². The maximum Gasteiger partial charge on any atom is 0.254 e. The second kappa shape index (κ2) is 6.57. The number of hydrogen-bond donors (Lipinski definition) is 0. The van der Waals surface area contributed by atoms with Crippen LogP contribution in [0.2, 0.25) is 5.02 Å². The second-order valence-electron chi connectivity index (χ2n) is 6.54. The summed E-state index contributed by atoms with van der Waals surface area (Å²) < 4.78 is 1.73. The fourth-order valence-corrected chi connectivity index (χ4v) is 3.76. The number of aromatic nitrogens is 3. The predicted molar refractivity (Wildman–Crippen MR) is 101 cm³/mol. The summed E-state index contributed by atoms with van der Waals surface area (Å²) in [5.74, 6) is 1.49. The SMILES string of the molecule is Cc1nc(-c2cccc(C(=O)N3CCc4c(Cl)cccc4C3)c2)n(C)n1. The van der Waals surface area contributed by atoms with Gasteiger partial charge in [-0.1, -0.05) is 35.9 Å². The van der Waals surface area contributed by atoms with Gasteiger partial charge in [-0.2, -0.15) is 5.10 Å². The van der Waals surface area contributed by atoms with Crippen molar-refractivity contribution >= 4 is 17.5 Å². The number of rotatable bonds is 2. The van der Waals surface area contributed by atoms with Crippen molar-refractivity contribution in [2.45, 2.75) is 19.9 Å². The maximum atomic E-state index is 13.0. The Hall–Kier alpha value is -2.66. The lowest BCUT2D eigenvalue weighted by atomic mass is 9.99. The summed E-state index contributed by atoms with van der Waals surface area (Å²) in [6, 6.07) is 13.5. The molecule has 1 aliphatic rings.